The lowest BCUT2D eigenvalue weighted by molar-refractivity contribution is -0.119. The Labute approximate surface area is 201 Å². The Hall–Kier alpha value is -2.29. The minimum atomic E-state index is -3.64. The SMILES string of the molecule is CC(=O)NCC1(c2ccc(CN3C(C)CCC(c4ccccc4)S3(=O)=O)c(F)c2)CCOCC1. The number of carbonyl (C=O) groups excluding carboxylic acids is 1. The van der Waals surface area contributed by atoms with Gasteiger partial charge < -0.3 is 10.1 Å². The molecule has 2 aromatic rings. The predicted octanol–water partition coefficient (Wildman–Crippen LogP) is 4.07. The van der Waals surface area contributed by atoms with Crippen molar-refractivity contribution in [2.75, 3.05) is 19.8 Å². The summed E-state index contributed by atoms with van der Waals surface area (Å²) in [4.78, 5) is 11.5. The van der Waals surface area contributed by atoms with E-state index in [0.717, 1.165) is 17.5 Å². The van der Waals surface area contributed by atoms with Crippen molar-refractivity contribution < 1.29 is 22.3 Å². The number of ether oxygens (including phenoxy) is 1. The molecule has 2 heterocycles. The second kappa shape index (κ2) is 10.1. The van der Waals surface area contributed by atoms with Crippen molar-refractivity contribution in [1.29, 1.82) is 0 Å². The van der Waals surface area contributed by atoms with Crippen LogP contribution in [0.2, 0.25) is 0 Å². The molecule has 184 valence electrons. The van der Waals surface area contributed by atoms with Crippen molar-refractivity contribution in [3.8, 4) is 0 Å². The third-order valence-corrected chi connectivity index (χ3v) is 9.68. The van der Waals surface area contributed by atoms with Gasteiger partial charge in [-0.2, -0.15) is 4.31 Å². The van der Waals surface area contributed by atoms with Crippen LogP contribution < -0.4 is 5.32 Å². The Bertz CT molecular complexity index is 1120. The topological polar surface area (TPSA) is 75.7 Å². The molecule has 2 aliphatic heterocycles. The van der Waals surface area contributed by atoms with Gasteiger partial charge in [-0.15, -0.1) is 0 Å². The van der Waals surface area contributed by atoms with Crippen LogP contribution in [0.1, 0.15) is 61.5 Å². The number of carbonyl (C=O) groups is 1. The molecule has 2 atom stereocenters. The zero-order valence-electron chi connectivity index (χ0n) is 19.8. The molecular weight excluding hydrogens is 455 g/mol. The molecular formula is C26H33FN2O4S. The standard InChI is InChI=1S/C26H33FN2O4S/c1-19-8-11-25(21-6-4-3-5-7-21)34(31,32)29(19)17-22-9-10-23(16-24(22)27)26(18-28-20(2)30)12-14-33-15-13-26/h3-7,9-10,16,19,25H,8,11-15,17-18H2,1-2H3,(H,28,30). The molecule has 0 aliphatic carbocycles. The maximum Gasteiger partial charge on any atom is 0.221 e. The van der Waals surface area contributed by atoms with Gasteiger partial charge in [0.1, 0.15) is 11.1 Å². The Morgan fingerprint density at radius 1 is 1.15 bits per heavy atom. The summed E-state index contributed by atoms with van der Waals surface area (Å²) in [5.74, 6) is -0.546. The van der Waals surface area contributed by atoms with Crippen molar-refractivity contribution in [1.82, 2.24) is 9.62 Å². The summed E-state index contributed by atoms with van der Waals surface area (Å²) < 4.78 is 49.4. The van der Waals surface area contributed by atoms with Gasteiger partial charge in [0, 0.05) is 50.2 Å². The maximum absolute atomic E-state index is 15.4. The van der Waals surface area contributed by atoms with E-state index in [4.69, 9.17) is 4.74 Å². The number of benzene rings is 2. The van der Waals surface area contributed by atoms with Crippen LogP contribution in [0, 0.1) is 5.82 Å². The van der Waals surface area contributed by atoms with Crippen molar-refractivity contribution in [3.05, 3.63) is 71.0 Å². The molecule has 34 heavy (non-hydrogen) atoms. The molecule has 2 aromatic carbocycles. The number of sulfonamides is 1. The molecule has 6 nitrogen and oxygen atoms in total. The van der Waals surface area contributed by atoms with Crippen LogP contribution in [-0.2, 0) is 31.5 Å². The fourth-order valence-corrected chi connectivity index (χ4v) is 7.34. The van der Waals surface area contributed by atoms with Crippen LogP contribution in [0.15, 0.2) is 48.5 Å². The Morgan fingerprint density at radius 3 is 2.50 bits per heavy atom. The predicted molar refractivity (Wildman–Crippen MR) is 129 cm³/mol. The number of nitrogens with zero attached hydrogens (tertiary/aromatic N) is 1. The summed E-state index contributed by atoms with van der Waals surface area (Å²) in [6, 6.07) is 14.1. The van der Waals surface area contributed by atoms with Gasteiger partial charge in [-0.1, -0.05) is 42.5 Å². The number of amides is 1. The van der Waals surface area contributed by atoms with Crippen LogP contribution in [0.4, 0.5) is 4.39 Å². The second-order valence-corrected chi connectivity index (χ2v) is 11.6. The first-order chi connectivity index (χ1) is 16.2. The molecule has 2 unspecified atom stereocenters. The van der Waals surface area contributed by atoms with E-state index in [1.807, 2.05) is 43.3 Å². The average molecular weight is 489 g/mol. The van der Waals surface area contributed by atoms with Gasteiger partial charge in [0.2, 0.25) is 15.9 Å². The van der Waals surface area contributed by atoms with Crippen LogP contribution in [-0.4, -0.2) is 44.4 Å². The molecule has 0 aromatic heterocycles. The largest absolute Gasteiger partial charge is 0.381 e. The molecule has 2 saturated heterocycles. The van der Waals surface area contributed by atoms with E-state index in [1.165, 1.54) is 17.3 Å². The van der Waals surface area contributed by atoms with Crippen LogP contribution in [0.25, 0.3) is 0 Å². The average Bonchev–Trinajstić information content (AvgIpc) is 2.82. The second-order valence-electron chi connectivity index (χ2n) is 9.52. The molecule has 2 aliphatic rings. The molecule has 2 fully saturated rings. The van der Waals surface area contributed by atoms with Crippen molar-refractivity contribution >= 4 is 15.9 Å². The Balaban J connectivity index is 1.59. The lowest BCUT2D eigenvalue weighted by Gasteiger charge is -2.39. The fraction of sp³-hybridized carbons (Fsp3) is 0.500. The molecule has 1 amide bonds. The first kappa shape index (κ1) is 24.8. The van der Waals surface area contributed by atoms with Crippen molar-refractivity contribution in [2.24, 2.45) is 0 Å². The monoisotopic (exact) mass is 488 g/mol. The number of halogens is 1. The highest BCUT2D eigenvalue weighted by Gasteiger charge is 2.41. The van der Waals surface area contributed by atoms with Gasteiger partial charge in [0.25, 0.3) is 0 Å². The Kier molecular flexibility index (Phi) is 7.40. The van der Waals surface area contributed by atoms with Crippen molar-refractivity contribution in [3.63, 3.8) is 0 Å². The van der Waals surface area contributed by atoms with Gasteiger partial charge in [-0.25, -0.2) is 12.8 Å². The summed E-state index contributed by atoms with van der Waals surface area (Å²) in [5.41, 5.74) is 1.54. The van der Waals surface area contributed by atoms with Crippen LogP contribution in [0.3, 0.4) is 0 Å². The molecule has 4 rings (SSSR count). The normalized spacial score (nSPS) is 24.4. The van der Waals surface area contributed by atoms with Crippen LogP contribution >= 0.6 is 0 Å². The lowest BCUT2D eigenvalue weighted by atomic mass is 9.74. The van der Waals surface area contributed by atoms with Crippen molar-refractivity contribution in [2.45, 2.75) is 62.8 Å². The zero-order valence-corrected chi connectivity index (χ0v) is 20.6. The number of hydrogen-bond acceptors (Lipinski definition) is 4. The van der Waals surface area contributed by atoms with E-state index in [2.05, 4.69) is 5.32 Å². The summed E-state index contributed by atoms with van der Waals surface area (Å²) >= 11 is 0. The summed E-state index contributed by atoms with van der Waals surface area (Å²) in [7, 11) is -3.64. The summed E-state index contributed by atoms with van der Waals surface area (Å²) in [5, 5.41) is 2.27. The van der Waals surface area contributed by atoms with E-state index in [9.17, 15) is 13.2 Å². The maximum atomic E-state index is 15.4. The zero-order chi connectivity index (χ0) is 24.3. The van der Waals surface area contributed by atoms with Gasteiger partial charge >= 0.3 is 0 Å². The highest BCUT2D eigenvalue weighted by Crippen LogP contribution is 2.39. The van der Waals surface area contributed by atoms with E-state index in [1.54, 1.807) is 6.07 Å². The van der Waals surface area contributed by atoms with E-state index < -0.39 is 26.5 Å². The highest BCUT2D eigenvalue weighted by molar-refractivity contribution is 7.89. The quantitative estimate of drug-likeness (QED) is 0.665. The van der Waals surface area contributed by atoms with Gasteiger partial charge in [-0.05, 0) is 49.8 Å². The molecule has 1 N–H and O–H groups in total. The fourth-order valence-electron chi connectivity index (χ4n) is 5.15. The molecule has 8 heteroatoms. The molecule has 0 bridgehead atoms. The van der Waals surface area contributed by atoms with Crippen LogP contribution in [0.5, 0.6) is 0 Å². The van der Waals surface area contributed by atoms with Gasteiger partial charge in [-0.3, -0.25) is 4.79 Å². The minimum absolute atomic E-state index is 0.000748. The van der Waals surface area contributed by atoms with E-state index in [-0.39, 0.29) is 18.5 Å². The lowest BCUT2D eigenvalue weighted by Crippen LogP contribution is -2.45. The summed E-state index contributed by atoms with van der Waals surface area (Å²) in [6.07, 6.45) is 2.64. The van der Waals surface area contributed by atoms with E-state index >= 15 is 4.39 Å². The number of hydrogen-bond donors (Lipinski definition) is 1. The number of nitrogens with one attached hydrogen (secondary N) is 1. The number of rotatable bonds is 6. The Morgan fingerprint density at radius 2 is 1.85 bits per heavy atom. The first-order valence-corrected chi connectivity index (χ1v) is 13.4. The third kappa shape index (κ3) is 5.04. The molecule has 0 saturated carbocycles. The highest BCUT2D eigenvalue weighted by atomic mass is 32.2. The third-order valence-electron chi connectivity index (χ3n) is 7.31. The summed E-state index contributed by atoms with van der Waals surface area (Å²) in [6.45, 7) is 4.87. The smallest absolute Gasteiger partial charge is 0.221 e. The minimum Gasteiger partial charge on any atom is -0.381 e. The van der Waals surface area contributed by atoms with Gasteiger partial charge in [0.15, 0.2) is 0 Å². The molecule has 0 radical (unpaired) electrons. The van der Waals surface area contributed by atoms with E-state index in [0.29, 0.717) is 44.6 Å². The first-order valence-electron chi connectivity index (χ1n) is 11.9. The van der Waals surface area contributed by atoms with Gasteiger partial charge in [0.05, 0.1) is 0 Å². The molecule has 0 spiro atoms.